The van der Waals surface area contributed by atoms with Crippen molar-refractivity contribution in [3.05, 3.63) is 64.8 Å². The van der Waals surface area contributed by atoms with Crippen molar-refractivity contribution in [3.8, 4) is 6.07 Å². The van der Waals surface area contributed by atoms with Gasteiger partial charge in [-0.05, 0) is 36.4 Å². The van der Waals surface area contributed by atoms with E-state index in [0.29, 0.717) is 10.7 Å². The van der Waals surface area contributed by atoms with Crippen molar-refractivity contribution in [1.82, 2.24) is 4.98 Å². The van der Waals surface area contributed by atoms with E-state index in [-0.39, 0.29) is 5.03 Å². The van der Waals surface area contributed by atoms with Crippen LogP contribution in [0.4, 0.5) is 5.69 Å². The summed E-state index contributed by atoms with van der Waals surface area (Å²) in [6.07, 6.45) is 2.49. The van der Waals surface area contributed by atoms with E-state index in [4.69, 9.17) is 16.9 Å². The molecule has 0 aliphatic heterocycles. The molecule has 0 unspecified atom stereocenters. The van der Waals surface area contributed by atoms with Crippen molar-refractivity contribution in [1.29, 1.82) is 5.26 Å². The Kier molecular flexibility index (Phi) is 4.58. The van der Waals surface area contributed by atoms with Crippen LogP contribution in [-0.2, 0) is 9.84 Å². The molecule has 1 N–H and O–H groups in total. The molecule has 7 heteroatoms. The average Bonchev–Trinajstić information content (AvgIpc) is 2.50. The molecule has 0 atom stereocenters. The molecule has 21 heavy (non-hydrogen) atoms. The zero-order valence-electron chi connectivity index (χ0n) is 10.7. The number of benzene rings is 1. The van der Waals surface area contributed by atoms with Gasteiger partial charge in [0.2, 0.25) is 9.84 Å². The average molecular weight is 320 g/mol. The maximum Gasteiger partial charge on any atom is 0.235 e. The van der Waals surface area contributed by atoms with E-state index < -0.39 is 14.7 Å². The van der Waals surface area contributed by atoms with Crippen LogP contribution in [0.1, 0.15) is 0 Å². The van der Waals surface area contributed by atoms with Gasteiger partial charge in [0, 0.05) is 23.1 Å². The lowest BCUT2D eigenvalue weighted by Crippen LogP contribution is -2.07. The Morgan fingerprint density at radius 1 is 1.24 bits per heavy atom. The van der Waals surface area contributed by atoms with Crippen molar-refractivity contribution in [2.45, 2.75) is 5.03 Å². The topological polar surface area (TPSA) is 82.9 Å². The van der Waals surface area contributed by atoms with E-state index in [2.05, 4.69) is 10.3 Å². The van der Waals surface area contributed by atoms with E-state index in [1.54, 1.807) is 42.5 Å². The molecular weight excluding hydrogens is 310 g/mol. The minimum absolute atomic E-state index is 0.171. The third-order valence-electron chi connectivity index (χ3n) is 2.53. The van der Waals surface area contributed by atoms with Crippen molar-refractivity contribution < 1.29 is 8.42 Å². The summed E-state index contributed by atoms with van der Waals surface area (Å²) in [5.41, 5.74) is 0.614. The van der Waals surface area contributed by atoms with Gasteiger partial charge in [-0.1, -0.05) is 17.7 Å². The summed E-state index contributed by atoms with van der Waals surface area (Å²) in [4.78, 5) is 3.34. The second-order valence-electron chi connectivity index (χ2n) is 3.94. The lowest BCUT2D eigenvalue weighted by molar-refractivity contribution is 0.599. The van der Waals surface area contributed by atoms with Gasteiger partial charge in [0.1, 0.15) is 6.07 Å². The van der Waals surface area contributed by atoms with E-state index in [0.717, 1.165) is 6.20 Å². The number of anilines is 1. The predicted molar refractivity (Wildman–Crippen MR) is 80.2 cm³/mol. The fraction of sp³-hybridized carbons (Fsp3) is 0. The first-order valence-electron chi connectivity index (χ1n) is 5.82. The molecule has 0 fully saturated rings. The number of sulfone groups is 1. The Labute approximate surface area is 127 Å². The molecular formula is C14H10ClN3O2S. The molecule has 0 spiro atoms. The molecule has 1 heterocycles. The maximum absolute atomic E-state index is 12.2. The number of allylic oxidation sites excluding steroid dienone is 1. The summed E-state index contributed by atoms with van der Waals surface area (Å²) < 4.78 is 24.4. The van der Waals surface area contributed by atoms with E-state index >= 15 is 0 Å². The summed E-state index contributed by atoms with van der Waals surface area (Å²) >= 11 is 5.75. The molecule has 5 nitrogen and oxygen atoms in total. The van der Waals surface area contributed by atoms with Crippen LogP contribution in [0.25, 0.3) is 0 Å². The van der Waals surface area contributed by atoms with Crippen LogP contribution < -0.4 is 5.32 Å². The summed E-state index contributed by atoms with van der Waals surface area (Å²) in [7, 11) is -3.93. The van der Waals surface area contributed by atoms with Crippen LogP contribution in [0.15, 0.2) is 64.8 Å². The smallest absolute Gasteiger partial charge is 0.235 e. The molecule has 0 radical (unpaired) electrons. The number of pyridine rings is 1. The molecule has 0 aliphatic carbocycles. The van der Waals surface area contributed by atoms with Crippen LogP contribution in [-0.4, -0.2) is 13.4 Å². The Hall–Kier alpha value is -2.36. The van der Waals surface area contributed by atoms with Crippen LogP contribution in [0.2, 0.25) is 5.02 Å². The number of nitrogens with zero attached hydrogens (tertiary/aromatic N) is 2. The molecule has 1 aromatic heterocycles. The van der Waals surface area contributed by atoms with E-state index in [1.165, 1.54) is 12.3 Å². The van der Waals surface area contributed by atoms with Crippen molar-refractivity contribution in [2.24, 2.45) is 0 Å². The van der Waals surface area contributed by atoms with Gasteiger partial charge in [-0.3, -0.25) is 0 Å². The highest BCUT2D eigenvalue weighted by Crippen LogP contribution is 2.18. The van der Waals surface area contributed by atoms with Gasteiger partial charge in [-0.25, -0.2) is 13.4 Å². The Balaban J connectivity index is 2.29. The highest BCUT2D eigenvalue weighted by atomic mass is 35.5. The van der Waals surface area contributed by atoms with Crippen LogP contribution in [0.5, 0.6) is 0 Å². The highest BCUT2D eigenvalue weighted by molar-refractivity contribution is 7.95. The zero-order valence-corrected chi connectivity index (χ0v) is 12.3. The molecule has 0 aliphatic rings. The lowest BCUT2D eigenvalue weighted by atomic mass is 10.3. The quantitative estimate of drug-likeness (QED) is 0.876. The largest absolute Gasteiger partial charge is 0.360 e. The second kappa shape index (κ2) is 6.39. The van der Waals surface area contributed by atoms with Crippen molar-refractivity contribution >= 4 is 27.1 Å². The Bertz CT molecular complexity index is 794. The predicted octanol–water partition coefficient (Wildman–Crippen LogP) is 2.99. The van der Waals surface area contributed by atoms with Crippen LogP contribution in [0.3, 0.4) is 0 Å². The molecule has 2 aromatic rings. The number of hydrogen-bond acceptors (Lipinski definition) is 5. The van der Waals surface area contributed by atoms with Gasteiger partial charge in [-0.15, -0.1) is 0 Å². The lowest BCUT2D eigenvalue weighted by Gasteiger charge is -2.04. The maximum atomic E-state index is 12.2. The first kappa shape index (κ1) is 15.0. The molecule has 0 saturated carbocycles. The molecule has 0 bridgehead atoms. The molecule has 106 valence electrons. The number of halogens is 1. The number of aromatic nitrogens is 1. The summed E-state index contributed by atoms with van der Waals surface area (Å²) in [5, 5.41) is 12.2. The Morgan fingerprint density at radius 3 is 2.52 bits per heavy atom. The monoisotopic (exact) mass is 319 g/mol. The first-order valence-corrected chi connectivity index (χ1v) is 7.68. The molecule has 0 saturated heterocycles. The number of nitrogens with one attached hydrogen (secondary N) is 1. The fourth-order valence-corrected chi connectivity index (χ4v) is 2.63. The van der Waals surface area contributed by atoms with E-state index in [9.17, 15) is 8.42 Å². The summed E-state index contributed by atoms with van der Waals surface area (Å²) in [5.74, 6) is 0. The minimum atomic E-state index is -3.93. The first-order chi connectivity index (χ1) is 10.0. The van der Waals surface area contributed by atoms with Crippen LogP contribution in [0, 0.1) is 11.3 Å². The third-order valence-corrected chi connectivity index (χ3v) is 4.36. The molecule has 0 amide bonds. The standard InChI is InChI=1S/C14H10ClN3O2S/c15-11-4-6-12(7-5-11)18-10-13(9-16)21(19,20)14-3-1-2-8-17-14/h1-8,10,18H/b13-10-. The summed E-state index contributed by atoms with van der Waals surface area (Å²) in [6.45, 7) is 0. The number of nitriles is 1. The van der Waals surface area contributed by atoms with Crippen molar-refractivity contribution in [2.75, 3.05) is 5.32 Å². The van der Waals surface area contributed by atoms with Crippen LogP contribution >= 0.6 is 11.6 Å². The van der Waals surface area contributed by atoms with Gasteiger partial charge in [0.25, 0.3) is 0 Å². The van der Waals surface area contributed by atoms with Gasteiger partial charge in [-0.2, -0.15) is 5.26 Å². The minimum Gasteiger partial charge on any atom is -0.360 e. The SMILES string of the molecule is N#C/C(=C/Nc1ccc(Cl)cc1)S(=O)(=O)c1ccccn1. The normalized spacial score (nSPS) is 11.7. The fourth-order valence-electron chi connectivity index (χ4n) is 1.48. The number of hydrogen-bond donors (Lipinski definition) is 1. The molecule has 2 rings (SSSR count). The Morgan fingerprint density at radius 2 is 1.95 bits per heavy atom. The highest BCUT2D eigenvalue weighted by Gasteiger charge is 2.21. The second-order valence-corrected chi connectivity index (χ2v) is 6.24. The zero-order chi connectivity index (χ0) is 15.3. The van der Waals surface area contributed by atoms with Gasteiger partial charge >= 0.3 is 0 Å². The van der Waals surface area contributed by atoms with Gasteiger partial charge in [0.05, 0.1) is 0 Å². The van der Waals surface area contributed by atoms with Gasteiger partial charge < -0.3 is 5.32 Å². The summed E-state index contributed by atoms with van der Waals surface area (Å²) in [6, 6.07) is 12.8. The van der Waals surface area contributed by atoms with Gasteiger partial charge in [0.15, 0.2) is 9.93 Å². The molecule has 1 aromatic carbocycles. The van der Waals surface area contributed by atoms with E-state index in [1.807, 2.05) is 0 Å². The number of rotatable bonds is 4. The third kappa shape index (κ3) is 3.60. The van der Waals surface area contributed by atoms with Crippen molar-refractivity contribution in [3.63, 3.8) is 0 Å².